The average Bonchev–Trinajstić information content (AvgIpc) is 3.19. The van der Waals surface area contributed by atoms with Gasteiger partial charge in [0.25, 0.3) is 0 Å². The lowest BCUT2D eigenvalue weighted by Crippen LogP contribution is -2.27. The quantitative estimate of drug-likeness (QED) is 0.171. The van der Waals surface area contributed by atoms with Crippen LogP contribution in [-0.2, 0) is 15.3 Å². The Balaban J connectivity index is 1.48. The van der Waals surface area contributed by atoms with E-state index in [2.05, 4.69) is 4.98 Å². The van der Waals surface area contributed by atoms with E-state index in [0.717, 1.165) is 27.1 Å². The van der Waals surface area contributed by atoms with Crippen molar-refractivity contribution in [2.45, 2.75) is 63.0 Å². The van der Waals surface area contributed by atoms with Crippen molar-refractivity contribution in [2.24, 2.45) is 0 Å². The lowest BCUT2D eigenvalue weighted by atomic mass is 10.1. The second kappa shape index (κ2) is 11.7. The Morgan fingerprint density at radius 2 is 1.95 bits per heavy atom. The molecule has 0 atom stereocenters. The molecule has 10 heteroatoms. The highest BCUT2D eigenvalue weighted by Gasteiger charge is 2.32. The third kappa shape index (κ3) is 7.53. The fourth-order valence-electron chi connectivity index (χ4n) is 4.03. The second-order valence-corrected chi connectivity index (χ2v) is 11.1. The number of rotatable bonds is 7. The van der Waals surface area contributed by atoms with Crippen LogP contribution in [0.25, 0.3) is 16.6 Å². The Kier molecular flexibility index (Phi) is 8.54. The summed E-state index contributed by atoms with van der Waals surface area (Å²) in [6.45, 7) is 7.16. The third-order valence-corrected chi connectivity index (χ3v) is 6.78. The smallest absolute Gasteiger partial charge is 0.412 e. The number of allylic oxidation sites excluding steroid dienone is 6. The molecule has 0 spiro atoms. The standard InChI is InChI=1S/C29H30F3N3O3S/c1-19-15-22(11-12-26(19)37-17-27(36)38-28(2,3)4)39-18-24-23-16-33-14-13-25(23)35(34-24)21-9-5-7-20(8-6-10-21)29(30,31)32/h5,8-16H,6-7,17-18H2,1-4H3/b9-5-,20-8+,21-10?. The van der Waals surface area contributed by atoms with Crippen LogP contribution in [0.15, 0.2) is 71.4 Å². The van der Waals surface area contributed by atoms with Crippen LogP contribution in [0.3, 0.4) is 0 Å². The number of nitrogens with zero attached hydrogens (tertiary/aromatic N) is 3. The zero-order valence-corrected chi connectivity index (χ0v) is 23.0. The van der Waals surface area contributed by atoms with Gasteiger partial charge in [-0.25, -0.2) is 9.48 Å². The highest BCUT2D eigenvalue weighted by molar-refractivity contribution is 7.98. The predicted molar refractivity (Wildman–Crippen MR) is 146 cm³/mol. The molecular weight excluding hydrogens is 527 g/mol. The normalized spacial score (nSPS) is 16.6. The molecule has 0 radical (unpaired) electrons. The lowest BCUT2D eigenvalue weighted by molar-refractivity contribution is -0.157. The number of carbonyl (C=O) groups is 1. The van der Waals surface area contributed by atoms with Gasteiger partial charge in [0.1, 0.15) is 11.4 Å². The number of thioether (sulfide) groups is 1. The van der Waals surface area contributed by atoms with Gasteiger partial charge >= 0.3 is 12.1 Å². The fourth-order valence-corrected chi connectivity index (χ4v) is 4.97. The molecule has 0 saturated carbocycles. The van der Waals surface area contributed by atoms with E-state index in [1.165, 1.54) is 12.2 Å². The van der Waals surface area contributed by atoms with Crippen LogP contribution in [-0.4, -0.2) is 39.1 Å². The van der Waals surface area contributed by atoms with E-state index < -0.39 is 23.3 Å². The van der Waals surface area contributed by atoms with Crippen molar-refractivity contribution in [1.82, 2.24) is 14.8 Å². The number of ether oxygens (including phenoxy) is 2. The molecule has 0 unspecified atom stereocenters. The summed E-state index contributed by atoms with van der Waals surface area (Å²) in [6.07, 6.45) is 5.23. The first-order chi connectivity index (χ1) is 18.4. The summed E-state index contributed by atoms with van der Waals surface area (Å²) in [6, 6.07) is 7.58. The number of hydrogen-bond acceptors (Lipinski definition) is 6. The number of aryl methyl sites for hydroxylation is 1. The van der Waals surface area contributed by atoms with Gasteiger partial charge in [0.2, 0.25) is 0 Å². The molecule has 0 amide bonds. The van der Waals surface area contributed by atoms with Crippen LogP contribution in [0, 0.1) is 6.92 Å². The van der Waals surface area contributed by atoms with Crippen LogP contribution in [0.2, 0.25) is 0 Å². The van der Waals surface area contributed by atoms with Crippen LogP contribution < -0.4 is 4.74 Å². The Labute approximate surface area is 229 Å². The molecule has 206 valence electrons. The highest BCUT2D eigenvalue weighted by Crippen LogP contribution is 2.33. The zero-order chi connectivity index (χ0) is 28.2. The summed E-state index contributed by atoms with van der Waals surface area (Å²) in [5.41, 5.74) is 2.13. The maximum Gasteiger partial charge on any atom is 0.412 e. The van der Waals surface area contributed by atoms with Gasteiger partial charge in [0, 0.05) is 34.0 Å². The molecule has 2 heterocycles. The highest BCUT2D eigenvalue weighted by atomic mass is 32.2. The molecule has 1 aliphatic rings. The SMILES string of the molecule is Cc1cc(SCc2nn(C3=CC/C=C(/C(F)(F)F)C/C=C\3)c3ccncc23)ccc1OCC(=O)OC(C)(C)C. The summed E-state index contributed by atoms with van der Waals surface area (Å²) in [5.74, 6) is 0.736. The molecule has 2 aromatic heterocycles. The summed E-state index contributed by atoms with van der Waals surface area (Å²) < 4.78 is 52.0. The topological polar surface area (TPSA) is 66.2 Å². The van der Waals surface area contributed by atoms with Gasteiger partial charge in [-0.3, -0.25) is 4.98 Å². The first-order valence-corrected chi connectivity index (χ1v) is 13.4. The molecule has 6 nitrogen and oxygen atoms in total. The van der Waals surface area contributed by atoms with Crippen molar-refractivity contribution < 1.29 is 27.4 Å². The number of alkyl halides is 3. The van der Waals surface area contributed by atoms with Gasteiger partial charge in [-0.15, -0.1) is 11.8 Å². The number of pyridine rings is 1. The van der Waals surface area contributed by atoms with E-state index in [1.54, 1.807) is 61.8 Å². The Hall–Kier alpha value is -3.53. The van der Waals surface area contributed by atoms with Crippen LogP contribution in [0.1, 0.15) is 44.9 Å². The molecule has 4 rings (SSSR count). The van der Waals surface area contributed by atoms with Crippen molar-refractivity contribution in [3.05, 3.63) is 77.8 Å². The van der Waals surface area contributed by atoms with Gasteiger partial charge in [-0.2, -0.15) is 18.3 Å². The molecule has 3 aromatic rings. The monoisotopic (exact) mass is 557 g/mol. The van der Waals surface area contributed by atoms with Crippen LogP contribution in [0.5, 0.6) is 5.75 Å². The van der Waals surface area contributed by atoms with Gasteiger partial charge in [0.05, 0.1) is 16.9 Å². The number of benzene rings is 1. The van der Waals surface area contributed by atoms with E-state index in [-0.39, 0.29) is 19.4 Å². The summed E-state index contributed by atoms with van der Waals surface area (Å²) >= 11 is 1.59. The van der Waals surface area contributed by atoms with Crippen LogP contribution >= 0.6 is 11.8 Å². The number of aromatic nitrogens is 3. The summed E-state index contributed by atoms with van der Waals surface area (Å²) in [7, 11) is 0. The van der Waals surface area contributed by atoms with Gasteiger partial charge < -0.3 is 9.47 Å². The molecular formula is C29H30F3N3O3S. The van der Waals surface area contributed by atoms with Gasteiger partial charge in [-0.05, 0) is 76.4 Å². The molecule has 0 N–H and O–H groups in total. The first-order valence-electron chi connectivity index (χ1n) is 12.4. The largest absolute Gasteiger partial charge is 0.482 e. The summed E-state index contributed by atoms with van der Waals surface area (Å²) in [5, 5.41) is 5.68. The van der Waals surface area contributed by atoms with Crippen molar-refractivity contribution >= 4 is 34.3 Å². The van der Waals surface area contributed by atoms with Gasteiger partial charge in [0.15, 0.2) is 6.61 Å². The molecule has 0 aliphatic heterocycles. The maximum absolute atomic E-state index is 13.1. The molecule has 1 aromatic carbocycles. The van der Waals surface area contributed by atoms with Crippen LogP contribution in [0.4, 0.5) is 13.2 Å². The van der Waals surface area contributed by atoms with E-state index in [0.29, 0.717) is 17.2 Å². The number of hydrogen-bond donors (Lipinski definition) is 0. The number of halogens is 3. The van der Waals surface area contributed by atoms with E-state index in [4.69, 9.17) is 14.6 Å². The van der Waals surface area contributed by atoms with E-state index in [1.807, 2.05) is 31.2 Å². The summed E-state index contributed by atoms with van der Waals surface area (Å²) in [4.78, 5) is 17.2. The minimum absolute atomic E-state index is 0.159. The van der Waals surface area contributed by atoms with Crippen molar-refractivity contribution in [3.8, 4) is 5.75 Å². The zero-order valence-electron chi connectivity index (χ0n) is 22.2. The number of esters is 1. The second-order valence-electron chi connectivity index (χ2n) is 10.0. The molecule has 1 aliphatic carbocycles. The molecule has 0 saturated heterocycles. The predicted octanol–water partition coefficient (Wildman–Crippen LogP) is 7.43. The Bertz CT molecular complexity index is 1450. The lowest BCUT2D eigenvalue weighted by Gasteiger charge is -2.19. The minimum Gasteiger partial charge on any atom is -0.482 e. The van der Waals surface area contributed by atoms with Gasteiger partial charge in [-0.1, -0.05) is 18.2 Å². The van der Waals surface area contributed by atoms with Crippen molar-refractivity contribution in [1.29, 1.82) is 0 Å². The average molecular weight is 558 g/mol. The third-order valence-electron chi connectivity index (χ3n) is 5.77. The fraction of sp³-hybridized carbons (Fsp3) is 0.345. The molecule has 0 bridgehead atoms. The minimum atomic E-state index is -4.33. The number of fused-ring (bicyclic) bond motifs is 1. The first kappa shape index (κ1) is 28.5. The number of carbonyl (C=O) groups excluding carboxylic acids is 1. The van der Waals surface area contributed by atoms with Crippen molar-refractivity contribution in [3.63, 3.8) is 0 Å². The van der Waals surface area contributed by atoms with E-state index >= 15 is 0 Å². The maximum atomic E-state index is 13.1. The molecule has 39 heavy (non-hydrogen) atoms. The van der Waals surface area contributed by atoms with E-state index in [9.17, 15) is 18.0 Å². The van der Waals surface area contributed by atoms with Crippen molar-refractivity contribution in [2.75, 3.05) is 6.61 Å². The Morgan fingerprint density at radius 1 is 1.15 bits per heavy atom. The Morgan fingerprint density at radius 3 is 2.67 bits per heavy atom. The molecule has 0 fully saturated rings.